The molecule has 0 amide bonds. The predicted molar refractivity (Wildman–Crippen MR) is 120 cm³/mol. The van der Waals surface area contributed by atoms with Gasteiger partial charge >= 0.3 is 0 Å². The van der Waals surface area contributed by atoms with Gasteiger partial charge in [0.25, 0.3) is 0 Å². The molecule has 3 aromatic carbocycles. The van der Waals surface area contributed by atoms with Gasteiger partial charge in [0, 0.05) is 24.2 Å². The fourth-order valence-corrected chi connectivity index (χ4v) is 3.37. The SMILES string of the molecule is CCOc1cc(CNCc2ccc(F)cc2)c(Cl)cc1OCc1ccc(Cl)c(Cl)c1. The Hall–Kier alpha value is -1.98. The van der Waals surface area contributed by atoms with Gasteiger partial charge in [-0.25, -0.2) is 4.39 Å². The number of benzene rings is 3. The molecule has 3 rings (SSSR count). The van der Waals surface area contributed by atoms with Crippen LogP contribution in [0.5, 0.6) is 11.5 Å². The van der Waals surface area contributed by atoms with Crippen molar-refractivity contribution in [1.29, 1.82) is 0 Å². The van der Waals surface area contributed by atoms with E-state index in [0.717, 1.165) is 16.7 Å². The van der Waals surface area contributed by atoms with E-state index in [1.54, 1.807) is 30.3 Å². The molecule has 0 bridgehead atoms. The van der Waals surface area contributed by atoms with Gasteiger partial charge in [0.1, 0.15) is 12.4 Å². The molecule has 0 aliphatic heterocycles. The second-order valence-corrected chi connectivity index (χ2v) is 7.81. The van der Waals surface area contributed by atoms with Crippen molar-refractivity contribution in [3.8, 4) is 11.5 Å². The fourth-order valence-electron chi connectivity index (χ4n) is 2.83. The van der Waals surface area contributed by atoms with E-state index < -0.39 is 0 Å². The highest BCUT2D eigenvalue weighted by Gasteiger charge is 2.12. The molecule has 0 saturated carbocycles. The summed E-state index contributed by atoms with van der Waals surface area (Å²) < 4.78 is 24.7. The van der Waals surface area contributed by atoms with Crippen LogP contribution in [0.25, 0.3) is 0 Å². The van der Waals surface area contributed by atoms with E-state index in [-0.39, 0.29) is 5.82 Å². The smallest absolute Gasteiger partial charge is 0.163 e. The Labute approximate surface area is 190 Å². The van der Waals surface area contributed by atoms with Gasteiger partial charge < -0.3 is 14.8 Å². The molecule has 0 unspecified atom stereocenters. The van der Waals surface area contributed by atoms with Crippen LogP contribution in [0.4, 0.5) is 4.39 Å². The molecule has 3 nitrogen and oxygen atoms in total. The van der Waals surface area contributed by atoms with E-state index in [1.807, 2.05) is 19.1 Å². The first-order valence-electron chi connectivity index (χ1n) is 9.43. The Balaban J connectivity index is 1.67. The van der Waals surface area contributed by atoms with Gasteiger partial charge in [0.05, 0.1) is 16.7 Å². The largest absolute Gasteiger partial charge is 0.490 e. The third-order valence-corrected chi connectivity index (χ3v) is 5.44. The summed E-state index contributed by atoms with van der Waals surface area (Å²) in [6.07, 6.45) is 0. The third kappa shape index (κ3) is 6.26. The summed E-state index contributed by atoms with van der Waals surface area (Å²) in [6.45, 7) is 3.83. The van der Waals surface area contributed by atoms with Gasteiger partial charge in [-0.15, -0.1) is 0 Å². The Bertz CT molecular complexity index is 996. The summed E-state index contributed by atoms with van der Waals surface area (Å²) in [6, 6.07) is 15.3. The van der Waals surface area contributed by atoms with Crippen LogP contribution < -0.4 is 14.8 Å². The van der Waals surface area contributed by atoms with Gasteiger partial charge in [-0.2, -0.15) is 0 Å². The number of hydrogen-bond donors (Lipinski definition) is 1. The molecule has 30 heavy (non-hydrogen) atoms. The molecule has 7 heteroatoms. The summed E-state index contributed by atoms with van der Waals surface area (Å²) in [5.41, 5.74) is 2.75. The zero-order valence-corrected chi connectivity index (χ0v) is 18.6. The number of nitrogens with one attached hydrogen (secondary N) is 1. The average Bonchev–Trinajstić information content (AvgIpc) is 2.73. The van der Waals surface area contributed by atoms with Crippen molar-refractivity contribution in [2.24, 2.45) is 0 Å². The lowest BCUT2D eigenvalue weighted by Crippen LogP contribution is -2.13. The van der Waals surface area contributed by atoms with Crippen molar-refractivity contribution in [2.45, 2.75) is 26.6 Å². The maximum Gasteiger partial charge on any atom is 0.163 e. The predicted octanol–water partition coefficient (Wildman–Crippen LogP) is 7.05. The maximum absolute atomic E-state index is 13.0. The molecule has 0 fully saturated rings. The highest BCUT2D eigenvalue weighted by Crippen LogP contribution is 2.34. The van der Waals surface area contributed by atoms with Gasteiger partial charge in [0.2, 0.25) is 0 Å². The lowest BCUT2D eigenvalue weighted by Gasteiger charge is -2.15. The van der Waals surface area contributed by atoms with Gasteiger partial charge in [0.15, 0.2) is 11.5 Å². The monoisotopic (exact) mass is 467 g/mol. The minimum Gasteiger partial charge on any atom is -0.490 e. The van der Waals surface area contributed by atoms with Gasteiger partial charge in [-0.3, -0.25) is 0 Å². The number of ether oxygens (including phenoxy) is 2. The molecule has 3 aromatic rings. The zero-order valence-electron chi connectivity index (χ0n) is 16.4. The lowest BCUT2D eigenvalue weighted by atomic mass is 10.1. The molecular formula is C23H21Cl3FNO2. The Morgan fingerprint density at radius 3 is 2.17 bits per heavy atom. The molecule has 0 aliphatic carbocycles. The second-order valence-electron chi connectivity index (χ2n) is 6.59. The van der Waals surface area contributed by atoms with E-state index in [4.69, 9.17) is 44.3 Å². The van der Waals surface area contributed by atoms with Crippen LogP contribution in [0.1, 0.15) is 23.6 Å². The normalized spacial score (nSPS) is 10.8. The van der Waals surface area contributed by atoms with Crippen LogP contribution in [0.3, 0.4) is 0 Å². The molecule has 0 aliphatic rings. The molecule has 0 saturated heterocycles. The van der Waals surface area contributed by atoms with Crippen molar-refractivity contribution in [1.82, 2.24) is 5.32 Å². The first-order chi connectivity index (χ1) is 14.5. The van der Waals surface area contributed by atoms with Crippen molar-refractivity contribution >= 4 is 34.8 Å². The molecular weight excluding hydrogens is 448 g/mol. The van der Waals surface area contributed by atoms with Crippen molar-refractivity contribution in [2.75, 3.05) is 6.61 Å². The Morgan fingerprint density at radius 1 is 0.767 bits per heavy atom. The van der Waals surface area contributed by atoms with E-state index in [9.17, 15) is 4.39 Å². The molecule has 0 radical (unpaired) electrons. The van der Waals surface area contributed by atoms with Crippen LogP contribution >= 0.6 is 34.8 Å². The highest BCUT2D eigenvalue weighted by atomic mass is 35.5. The lowest BCUT2D eigenvalue weighted by molar-refractivity contribution is 0.269. The van der Waals surface area contributed by atoms with E-state index in [1.165, 1.54) is 12.1 Å². The summed E-state index contributed by atoms with van der Waals surface area (Å²) in [7, 11) is 0. The molecule has 0 aromatic heterocycles. The average molecular weight is 469 g/mol. The van der Waals surface area contributed by atoms with Crippen molar-refractivity contribution < 1.29 is 13.9 Å². The highest BCUT2D eigenvalue weighted by molar-refractivity contribution is 6.42. The molecule has 158 valence electrons. The quantitative estimate of drug-likeness (QED) is 0.365. The van der Waals surface area contributed by atoms with E-state index in [0.29, 0.717) is 52.9 Å². The van der Waals surface area contributed by atoms with Crippen LogP contribution in [-0.4, -0.2) is 6.61 Å². The maximum atomic E-state index is 13.0. The van der Waals surface area contributed by atoms with E-state index in [2.05, 4.69) is 5.32 Å². The number of rotatable bonds is 9. The molecule has 0 heterocycles. The first-order valence-corrected chi connectivity index (χ1v) is 10.6. The van der Waals surface area contributed by atoms with Gasteiger partial charge in [-0.05, 0) is 53.9 Å². The van der Waals surface area contributed by atoms with Crippen LogP contribution in [0, 0.1) is 5.82 Å². The Kier molecular flexibility index (Phi) is 8.23. The minimum absolute atomic E-state index is 0.250. The summed E-state index contributed by atoms with van der Waals surface area (Å²) in [4.78, 5) is 0. The number of hydrogen-bond acceptors (Lipinski definition) is 3. The standard InChI is InChI=1S/C23H21Cl3FNO2/c1-2-29-22-10-17(13-28-12-15-3-6-18(27)7-4-15)20(25)11-23(22)30-14-16-5-8-19(24)21(26)9-16/h3-11,28H,2,12-14H2,1H3. The van der Waals surface area contributed by atoms with E-state index >= 15 is 0 Å². The summed E-state index contributed by atoms with van der Waals surface area (Å²) >= 11 is 18.5. The van der Waals surface area contributed by atoms with Crippen LogP contribution in [0.15, 0.2) is 54.6 Å². The second kappa shape index (κ2) is 10.9. The summed E-state index contributed by atoms with van der Waals surface area (Å²) in [5.74, 6) is 0.912. The zero-order chi connectivity index (χ0) is 21.5. The summed E-state index contributed by atoms with van der Waals surface area (Å²) in [5, 5.41) is 4.84. The Morgan fingerprint density at radius 2 is 1.47 bits per heavy atom. The minimum atomic E-state index is -0.250. The molecule has 1 N–H and O–H groups in total. The van der Waals surface area contributed by atoms with Gasteiger partial charge in [-0.1, -0.05) is 53.0 Å². The number of halogens is 4. The van der Waals surface area contributed by atoms with Crippen LogP contribution in [-0.2, 0) is 19.7 Å². The topological polar surface area (TPSA) is 30.5 Å². The molecule has 0 spiro atoms. The van der Waals surface area contributed by atoms with Crippen molar-refractivity contribution in [3.63, 3.8) is 0 Å². The fraction of sp³-hybridized carbons (Fsp3) is 0.217. The molecule has 0 atom stereocenters. The van der Waals surface area contributed by atoms with Crippen molar-refractivity contribution in [3.05, 3.63) is 92.2 Å². The van der Waals surface area contributed by atoms with Crippen LogP contribution in [0.2, 0.25) is 15.1 Å². The first kappa shape index (κ1) is 22.7. The third-order valence-electron chi connectivity index (χ3n) is 4.35.